The van der Waals surface area contributed by atoms with Crippen LogP contribution in [0.1, 0.15) is 49.4 Å². The molecule has 2 atom stereocenters. The molecular weight excluding hydrogens is 400 g/mol. The molecule has 6 nitrogen and oxygen atoms in total. The van der Waals surface area contributed by atoms with Crippen molar-refractivity contribution >= 4 is 21.6 Å². The SMILES string of the molecule is CCC(NC(=O)C(CC)N(c1ccc(C)c(C)c1)S(C)(=O)=O)c1ccc(OC)cc1. The van der Waals surface area contributed by atoms with Crippen LogP contribution in [0.2, 0.25) is 0 Å². The van der Waals surface area contributed by atoms with E-state index >= 15 is 0 Å². The molecule has 2 aromatic rings. The first-order chi connectivity index (χ1) is 14.1. The van der Waals surface area contributed by atoms with Gasteiger partial charge in [-0.1, -0.05) is 32.0 Å². The van der Waals surface area contributed by atoms with Gasteiger partial charge in [0.15, 0.2) is 0 Å². The van der Waals surface area contributed by atoms with E-state index in [4.69, 9.17) is 4.74 Å². The summed E-state index contributed by atoms with van der Waals surface area (Å²) in [6.45, 7) is 7.69. The second kappa shape index (κ2) is 9.98. The molecule has 2 aromatic carbocycles. The largest absolute Gasteiger partial charge is 0.497 e. The number of nitrogens with zero attached hydrogens (tertiary/aromatic N) is 1. The average molecular weight is 433 g/mol. The summed E-state index contributed by atoms with van der Waals surface area (Å²) in [5.41, 5.74) is 3.48. The van der Waals surface area contributed by atoms with E-state index in [2.05, 4.69) is 5.32 Å². The Labute approximate surface area is 180 Å². The summed E-state index contributed by atoms with van der Waals surface area (Å²) in [4.78, 5) is 13.2. The lowest BCUT2D eigenvalue weighted by Gasteiger charge is -2.32. The van der Waals surface area contributed by atoms with Crippen LogP contribution in [0, 0.1) is 13.8 Å². The molecule has 1 N–H and O–H groups in total. The van der Waals surface area contributed by atoms with Crippen LogP contribution in [-0.4, -0.2) is 33.7 Å². The Balaban J connectivity index is 2.35. The second-order valence-corrected chi connectivity index (χ2v) is 9.35. The summed E-state index contributed by atoms with van der Waals surface area (Å²) in [6, 6.07) is 11.9. The van der Waals surface area contributed by atoms with Gasteiger partial charge in [0.25, 0.3) is 0 Å². The van der Waals surface area contributed by atoms with Gasteiger partial charge in [0.2, 0.25) is 15.9 Å². The summed E-state index contributed by atoms with van der Waals surface area (Å²) in [5.74, 6) is 0.424. The highest BCUT2D eigenvalue weighted by molar-refractivity contribution is 7.92. The topological polar surface area (TPSA) is 75.7 Å². The fraction of sp³-hybridized carbons (Fsp3) is 0.435. The van der Waals surface area contributed by atoms with Gasteiger partial charge in [0.1, 0.15) is 11.8 Å². The third-order valence-corrected chi connectivity index (χ3v) is 6.50. The molecule has 0 fully saturated rings. The van der Waals surface area contributed by atoms with Crippen LogP contribution in [-0.2, 0) is 14.8 Å². The van der Waals surface area contributed by atoms with Crippen molar-refractivity contribution < 1.29 is 17.9 Å². The molecule has 0 aliphatic heterocycles. The molecule has 164 valence electrons. The van der Waals surface area contributed by atoms with Crippen molar-refractivity contribution in [2.24, 2.45) is 0 Å². The third-order valence-electron chi connectivity index (χ3n) is 5.32. The lowest BCUT2D eigenvalue weighted by molar-refractivity contribution is -0.123. The number of anilines is 1. The van der Waals surface area contributed by atoms with Crippen molar-refractivity contribution in [3.63, 3.8) is 0 Å². The summed E-state index contributed by atoms with van der Waals surface area (Å²) in [5, 5.41) is 3.03. The second-order valence-electron chi connectivity index (χ2n) is 7.49. The van der Waals surface area contributed by atoms with Gasteiger partial charge in [-0.05, 0) is 67.6 Å². The Morgan fingerprint density at radius 2 is 1.67 bits per heavy atom. The number of carbonyl (C=O) groups is 1. The molecule has 0 aliphatic rings. The number of hydrogen-bond donors (Lipinski definition) is 1. The summed E-state index contributed by atoms with van der Waals surface area (Å²) >= 11 is 0. The number of aryl methyl sites for hydroxylation is 2. The van der Waals surface area contributed by atoms with Gasteiger partial charge in [-0.2, -0.15) is 0 Å². The summed E-state index contributed by atoms with van der Waals surface area (Å²) < 4.78 is 31.7. The van der Waals surface area contributed by atoms with Crippen LogP contribution >= 0.6 is 0 Å². The van der Waals surface area contributed by atoms with Crippen LogP contribution in [0.15, 0.2) is 42.5 Å². The first-order valence-electron chi connectivity index (χ1n) is 10.1. The predicted molar refractivity (Wildman–Crippen MR) is 121 cm³/mol. The van der Waals surface area contributed by atoms with E-state index in [1.807, 2.05) is 64.1 Å². The number of methoxy groups -OCH3 is 1. The molecular formula is C23H32N2O4S. The highest BCUT2D eigenvalue weighted by Gasteiger charge is 2.32. The van der Waals surface area contributed by atoms with E-state index < -0.39 is 16.1 Å². The van der Waals surface area contributed by atoms with Gasteiger partial charge in [-0.25, -0.2) is 8.42 Å². The molecule has 1 amide bonds. The van der Waals surface area contributed by atoms with E-state index in [0.29, 0.717) is 18.5 Å². The van der Waals surface area contributed by atoms with Crippen molar-refractivity contribution in [2.75, 3.05) is 17.7 Å². The molecule has 0 aromatic heterocycles. The van der Waals surface area contributed by atoms with E-state index in [0.717, 1.165) is 28.7 Å². The van der Waals surface area contributed by atoms with E-state index in [1.165, 1.54) is 4.31 Å². The van der Waals surface area contributed by atoms with Crippen molar-refractivity contribution in [1.29, 1.82) is 0 Å². The number of nitrogens with one attached hydrogen (secondary N) is 1. The molecule has 2 rings (SSSR count). The minimum atomic E-state index is -3.66. The zero-order chi connectivity index (χ0) is 22.5. The Morgan fingerprint density at radius 1 is 1.03 bits per heavy atom. The van der Waals surface area contributed by atoms with Crippen LogP contribution in [0.25, 0.3) is 0 Å². The molecule has 0 radical (unpaired) electrons. The van der Waals surface area contributed by atoms with Crippen molar-refractivity contribution in [3.05, 3.63) is 59.2 Å². The van der Waals surface area contributed by atoms with Gasteiger partial charge in [-0.15, -0.1) is 0 Å². The monoisotopic (exact) mass is 432 g/mol. The maximum Gasteiger partial charge on any atom is 0.244 e. The first-order valence-corrected chi connectivity index (χ1v) is 12.0. The highest BCUT2D eigenvalue weighted by atomic mass is 32.2. The van der Waals surface area contributed by atoms with Crippen molar-refractivity contribution in [2.45, 2.75) is 52.6 Å². The van der Waals surface area contributed by atoms with E-state index in [1.54, 1.807) is 13.2 Å². The third kappa shape index (κ3) is 5.53. The maximum absolute atomic E-state index is 13.2. The van der Waals surface area contributed by atoms with Gasteiger partial charge >= 0.3 is 0 Å². The van der Waals surface area contributed by atoms with Crippen LogP contribution in [0.5, 0.6) is 5.75 Å². The normalized spacial score (nSPS) is 13.4. The molecule has 7 heteroatoms. The van der Waals surface area contributed by atoms with E-state index in [-0.39, 0.29) is 11.9 Å². The van der Waals surface area contributed by atoms with Crippen molar-refractivity contribution in [3.8, 4) is 5.75 Å². The van der Waals surface area contributed by atoms with Gasteiger partial charge in [0, 0.05) is 0 Å². The summed E-state index contributed by atoms with van der Waals surface area (Å²) in [6.07, 6.45) is 2.17. The standard InChI is InChI=1S/C23H32N2O4S/c1-7-21(18-10-13-20(29-5)14-11-18)24-23(26)22(8-2)25(30(6,27)28)19-12-9-16(3)17(4)15-19/h9-15,21-22H,7-8H2,1-6H3,(H,24,26). The first kappa shape index (κ1) is 23.7. The zero-order valence-electron chi connectivity index (χ0n) is 18.6. The predicted octanol–water partition coefficient (Wildman–Crippen LogP) is 4.12. The number of rotatable bonds is 9. The Bertz CT molecular complexity index is 971. The Morgan fingerprint density at radius 3 is 2.13 bits per heavy atom. The van der Waals surface area contributed by atoms with Crippen LogP contribution < -0.4 is 14.4 Å². The molecule has 0 heterocycles. The quantitative estimate of drug-likeness (QED) is 0.647. The average Bonchev–Trinajstić information content (AvgIpc) is 2.71. The van der Waals surface area contributed by atoms with Gasteiger partial charge in [-0.3, -0.25) is 9.10 Å². The zero-order valence-corrected chi connectivity index (χ0v) is 19.4. The highest BCUT2D eigenvalue weighted by Crippen LogP contribution is 2.26. The van der Waals surface area contributed by atoms with Gasteiger partial charge in [0.05, 0.1) is 25.1 Å². The number of ether oxygens (including phenoxy) is 1. The molecule has 0 saturated carbocycles. The van der Waals surface area contributed by atoms with Crippen LogP contribution in [0.4, 0.5) is 5.69 Å². The van der Waals surface area contributed by atoms with Crippen LogP contribution in [0.3, 0.4) is 0 Å². The molecule has 0 bridgehead atoms. The number of benzene rings is 2. The molecule has 2 unspecified atom stereocenters. The number of sulfonamides is 1. The minimum absolute atomic E-state index is 0.223. The molecule has 0 saturated heterocycles. The summed E-state index contributed by atoms with van der Waals surface area (Å²) in [7, 11) is -2.06. The lowest BCUT2D eigenvalue weighted by atomic mass is 10.0. The van der Waals surface area contributed by atoms with E-state index in [9.17, 15) is 13.2 Å². The van der Waals surface area contributed by atoms with Crippen molar-refractivity contribution in [1.82, 2.24) is 5.32 Å². The fourth-order valence-corrected chi connectivity index (χ4v) is 4.65. The molecule has 30 heavy (non-hydrogen) atoms. The Kier molecular flexibility index (Phi) is 7.89. The smallest absolute Gasteiger partial charge is 0.244 e. The fourth-order valence-electron chi connectivity index (χ4n) is 3.45. The number of hydrogen-bond acceptors (Lipinski definition) is 4. The number of carbonyl (C=O) groups excluding carboxylic acids is 1. The number of amides is 1. The molecule has 0 aliphatic carbocycles. The molecule has 0 spiro atoms. The maximum atomic E-state index is 13.2. The Hall–Kier alpha value is -2.54. The van der Waals surface area contributed by atoms with Gasteiger partial charge < -0.3 is 10.1 Å². The lowest BCUT2D eigenvalue weighted by Crippen LogP contribution is -2.50. The minimum Gasteiger partial charge on any atom is -0.497 e.